The summed E-state index contributed by atoms with van der Waals surface area (Å²) in [4.78, 5) is 0. The topological polar surface area (TPSA) is 21.3 Å². The first-order chi connectivity index (χ1) is 10.4. The second-order valence-corrected chi connectivity index (χ2v) is 7.27. The van der Waals surface area contributed by atoms with Gasteiger partial charge in [0.25, 0.3) is 0 Å². The minimum atomic E-state index is 0.189. The van der Waals surface area contributed by atoms with Crippen molar-refractivity contribution in [2.24, 2.45) is 0 Å². The Labute approximate surface area is 133 Å². The number of methoxy groups -OCH3 is 1. The molecule has 0 saturated carbocycles. The summed E-state index contributed by atoms with van der Waals surface area (Å²) >= 11 is 0. The number of aryl methyl sites for hydroxylation is 1. The van der Waals surface area contributed by atoms with Gasteiger partial charge in [-0.1, -0.05) is 50.6 Å². The Morgan fingerprint density at radius 1 is 1.09 bits per heavy atom. The first-order valence-electron chi connectivity index (χ1n) is 7.93. The molecule has 0 aliphatic carbocycles. The van der Waals surface area contributed by atoms with Crippen LogP contribution >= 0.6 is 0 Å². The Hall–Kier alpha value is -1.96. The molecule has 2 aromatic carbocycles. The zero-order valence-corrected chi connectivity index (χ0v) is 14.2. The van der Waals surface area contributed by atoms with Crippen LogP contribution in [-0.4, -0.2) is 7.11 Å². The second kappa shape index (κ2) is 5.35. The van der Waals surface area contributed by atoms with E-state index in [0.717, 1.165) is 12.2 Å². The van der Waals surface area contributed by atoms with Crippen molar-refractivity contribution in [1.82, 2.24) is 0 Å². The highest BCUT2D eigenvalue weighted by molar-refractivity contribution is 5.61. The van der Waals surface area contributed by atoms with Crippen molar-refractivity contribution >= 4 is 5.69 Å². The molecule has 1 unspecified atom stereocenters. The lowest BCUT2D eigenvalue weighted by atomic mass is 9.85. The van der Waals surface area contributed by atoms with E-state index in [1.54, 1.807) is 7.11 Å². The van der Waals surface area contributed by atoms with Crippen LogP contribution in [0.1, 0.15) is 49.1 Å². The van der Waals surface area contributed by atoms with Crippen molar-refractivity contribution in [3.63, 3.8) is 0 Å². The van der Waals surface area contributed by atoms with Gasteiger partial charge in [0, 0.05) is 11.3 Å². The quantitative estimate of drug-likeness (QED) is 0.841. The lowest BCUT2D eigenvalue weighted by molar-refractivity contribution is 0.407. The molecule has 22 heavy (non-hydrogen) atoms. The Kier molecular flexibility index (Phi) is 3.64. The third-order valence-corrected chi connectivity index (χ3v) is 4.49. The van der Waals surface area contributed by atoms with Gasteiger partial charge in [0.1, 0.15) is 5.75 Å². The van der Waals surface area contributed by atoms with Crippen LogP contribution in [0.2, 0.25) is 0 Å². The first kappa shape index (κ1) is 15.0. The Morgan fingerprint density at radius 2 is 1.86 bits per heavy atom. The van der Waals surface area contributed by atoms with Crippen molar-refractivity contribution < 1.29 is 4.74 Å². The molecule has 2 aromatic rings. The van der Waals surface area contributed by atoms with E-state index in [1.807, 2.05) is 0 Å². The molecule has 0 fully saturated rings. The number of hydrogen-bond donors (Lipinski definition) is 1. The van der Waals surface area contributed by atoms with Crippen LogP contribution in [0, 0.1) is 6.92 Å². The summed E-state index contributed by atoms with van der Waals surface area (Å²) in [7, 11) is 1.74. The summed E-state index contributed by atoms with van der Waals surface area (Å²) < 4.78 is 5.55. The minimum Gasteiger partial charge on any atom is -0.496 e. The van der Waals surface area contributed by atoms with Crippen LogP contribution in [0.15, 0.2) is 36.4 Å². The van der Waals surface area contributed by atoms with E-state index in [1.165, 1.54) is 27.9 Å². The van der Waals surface area contributed by atoms with E-state index in [0.29, 0.717) is 6.04 Å². The molecule has 0 aromatic heterocycles. The number of benzene rings is 2. The van der Waals surface area contributed by atoms with Gasteiger partial charge in [-0.15, -0.1) is 0 Å². The van der Waals surface area contributed by atoms with Crippen LogP contribution in [0.25, 0.3) is 0 Å². The van der Waals surface area contributed by atoms with E-state index in [-0.39, 0.29) is 5.41 Å². The maximum atomic E-state index is 5.55. The van der Waals surface area contributed by atoms with Gasteiger partial charge in [-0.2, -0.15) is 0 Å². The van der Waals surface area contributed by atoms with Gasteiger partial charge >= 0.3 is 0 Å². The average Bonchev–Trinajstić information content (AvgIpc) is 2.89. The molecule has 0 saturated heterocycles. The van der Waals surface area contributed by atoms with Gasteiger partial charge < -0.3 is 10.1 Å². The molecule has 0 radical (unpaired) electrons. The van der Waals surface area contributed by atoms with Gasteiger partial charge in [0.05, 0.1) is 13.2 Å². The maximum absolute atomic E-state index is 5.55. The molecule has 1 N–H and O–H groups in total. The molecule has 0 amide bonds. The number of nitrogens with one attached hydrogen (secondary N) is 1. The smallest absolute Gasteiger partial charge is 0.124 e. The summed E-state index contributed by atoms with van der Waals surface area (Å²) in [5, 5.41) is 3.65. The second-order valence-electron chi connectivity index (χ2n) is 7.27. The van der Waals surface area contributed by atoms with E-state index in [4.69, 9.17) is 4.74 Å². The normalized spacial score (nSPS) is 17.0. The number of anilines is 1. The third kappa shape index (κ3) is 2.70. The predicted molar refractivity (Wildman–Crippen MR) is 92.9 cm³/mol. The van der Waals surface area contributed by atoms with Crippen molar-refractivity contribution in [2.45, 2.75) is 45.6 Å². The Morgan fingerprint density at radius 3 is 2.55 bits per heavy atom. The van der Waals surface area contributed by atoms with Crippen molar-refractivity contribution in [3.8, 4) is 5.75 Å². The Balaban J connectivity index is 1.93. The lowest BCUT2D eigenvalue weighted by Gasteiger charge is -2.19. The zero-order chi connectivity index (χ0) is 15.9. The van der Waals surface area contributed by atoms with E-state index in [2.05, 4.69) is 69.4 Å². The highest BCUT2D eigenvalue weighted by Crippen LogP contribution is 2.39. The Bertz CT molecular complexity index is 697. The number of rotatable bonds is 2. The molecule has 1 aliphatic rings. The van der Waals surface area contributed by atoms with E-state index in [9.17, 15) is 0 Å². The lowest BCUT2D eigenvalue weighted by Crippen LogP contribution is -2.11. The van der Waals surface area contributed by atoms with E-state index < -0.39 is 0 Å². The van der Waals surface area contributed by atoms with Gasteiger partial charge in [-0.3, -0.25) is 0 Å². The largest absolute Gasteiger partial charge is 0.496 e. The van der Waals surface area contributed by atoms with Gasteiger partial charge in [-0.25, -0.2) is 0 Å². The number of fused-ring (bicyclic) bond motifs is 1. The summed E-state index contributed by atoms with van der Waals surface area (Å²) in [5.41, 5.74) is 6.75. The van der Waals surface area contributed by atoms with Crippen molar-refractivity contribution in [1.29, 1.82) is 0 Å². The molecular formula is C20H25NO. The van der Waals surface area contributed by atoms with E-state index >= 15 is 0 Å². The van der Waals surface area contributed by atoms with Crippen LogP contribution in [0.5, 0.6) is 5.75 Å². The molecule has 0 bridgehead atoms. The van der Waals surface area contributed by atoms with Crippen molar-refractivity contribution in [3.05, 3.63) is 58.7 Å². The molecule has 0 spiro atoms. The van der Waals surface area contributed by atoms with Gasteiger partial charge in [-0.05, 0) is 42.0 Å². The van der Waals surface area contributed by atoms with Gasteiger partial charge in [0.2, 0.25) is 0 Å². The average molecular weight is 295 g/mol. The molecule has 1 atom stereocenters. The van der Waals surface area contributed by atoms with Crippen LogP contribution in [0.3, 0.4) is 0 Å². The number of hydrogen-bond acceptors (Lipinski definition) is 2. The van der Waals surface area contributed by atoms with Crippen LogP contribution in [-0.2, 0) is 11.8 Å². The highest BCUT2D eigenvalue weighted by atomic mass is 16.5. The van der Waals surface area contributed by atoms with Crippen molar-refractivity contribution in [2.75, 3.05) is 12.4 Å². The summed E-state index contributed by atoms with van der Waals surface area (Å²) in [5.74, 6) is 0.965. The molecule has 2 nitrogen and oxygen atoms in total. The molecule has 1 aliphatic heterocycles. The molecule has 1 heterocycles. The SMILES string of the molecule is COc1ccc(C)cc1C1Cc2cc(C(C)(C)C)ccc2N1. The zero-order valence-electron chi connectivity index (χ0n) is 14.2. The molecule has 116 valence electrons. The minimum absolute atomic E-state index is 0.189. The highest BCUT2D eigenvalue weighted by Gasteiger charge is 2.26. The predicted octanol–water partition coefficient (Wildman–Crippen LogP) is 5.01. The third-order valence-electron chi connectivity index (χ3n) is 4.49. The fourth-order valence-corrected chi connectivity index (χ4v) is 3.14. The monoisotopic (exact) mass is 295 g/mol. The summed E-state index contributed by atoms with van der Waals surface area (Å²) in [6.07, 6.45) is 1.01. The molecule has 2 heteroatoms. The molecular weight excluding hydrogens is 270 g/mol. The fourth-order valence-electron chi connectivity index (χ4n) is 3.14. The van der Waals surface area contributed by atoms with Gasteiger partial charge in [0.15, 0.2) is 0 Å². The molecule has 3 rings (SSSR count). The maximum Gasteiger partial charge on any atom is 0.124 e. The summed E-state index contributed by atoms with van der Waals surface area (Å²) in [6, 6.07) is 13.5. The van der Waals surface area contributed by atoms with Crippen LogP contribution < -0.4 is 10.1 Å². The first-order valence-corrected chi connectivity index (χ1v) is 7.93. The summed E-state index contributed by atoms with van der Waals surface area (Å²) in [6.45, 7) is 8.91. The van der Waals surface area contributed by atoms with Crippen LogP contribution in [0.4, 0.5) is 5.69 Å². The fraction of sp³-hybridized carbons (Fsp3) is 0.400. The standard InChI is InChI=1S/C20H25NO/c1-13-6-9-19(22-5)16(10-13)18-12-14-11-15(20(2,3)4)7-8-17(14)21-18/h6-11,18,21H,12H2,1-5H3. The number of ether oxygens (including phenoxy) is 1.